The quantitative estimate of drug-likeness (QED) is 0.596. The van der Waals surface area contributed by atoms with Gasteiger partial charge in [-0.25, -0.2) is 0 Å². The maximum absolute atomic E-state index is 7.64. The number of aryl methyl sites for hydroxylation is 2. The van der Waals surface area contributed by atoms with Crippen LogP contribution < -0.4 is 10.6 Å². The average molecular weight is 223 g/mol. The molecule has 0 atom stereocenters. The number of aromatic nitrogens is 2. The van der Waals surface area contributed by atoms with E-state index < -0.39 is 0 Å². The van der Waals surface area contributed by atoms with Crippen LogP contribution in [0.25, 0.3) is 0 Å². The summed E-state index contributed by atoms with van der Waals surface area (Å²) in [6.07, 6.45) is 0. The number of hydrogen-bond donors (Lipinski definition) is 2. The number of rotatable bonds is 4. The summed E-state index contributed by atoms with van der Waals surface area (Å²) in [5, 5.41) is 12.0. The van der Waals surface area contributed by atoms with E-state index in [1.807, 2.05) is 14.0 Å². The van der Waals surface area contributed by atoms with Gasteiger partial charge in [0.2, 0.25) is 0 Å². The van der Waals surface area contributed by atoms with Crippen molar-refractivity contribution in [1.29, 1.82) is 5.41 Å². The molecule has 1 heterocycles. The SMILES string of the molecule is CCN(c1c(C(=N)N)c(C)nn1C)C(C)C. The molecule has 0 saturated heterocycles. The third kappa shape index (κ3) is 2.03. The van der Waals surface area contributed by atoms with Gasteiger partial charge in [-0.15, -0.1) is 0 Å². The van der Waals surface area contributed by atoms with Crippen molar-refractivity contribution in [3.8, 4) is 0 Å². The largest absolute Gasteiger partial charge is 0.384 e. The molecular formula is C11H21N5. The van der Waals surface area contributed by atoms with Crippen LogP contribution in [0.2, 0.25) is 0 Å². The topological polar surface area (TPSA) is 70.9 Å². The Hall–Kier alpha value is -1.52. The zero-order valence-corrected chi connectivity index (χ0v) is 10.7. The first-order valence-electron chi connectivity index (χ1n) is 5.54. The summed E-state index contributed by atoms with van der Waals surface area (Å²) in [4.78, 5) is 2.19. The van der Waals surface area contributed by atoms with Crippen molar-refractivity contribution in [3.63, 3.8) is 0 Å². The van der Waals surface area contributed by atoms with Gasteiger partial charge in [-0.1, -0.05) is 0 Å². The lowest BCUT2D eigenvalue weighted by Gasteiger charge is -2.28. The van der Waals surface area contributed by atoms with E-state index in [-0.39, 0.29) is 5.84 Å². The molecule has 3 N–H and O–H groups in total. The van der Waals surface area contributed by atoms with Gasteiger partial charge in [0.15, 0.2) is 0 Å². The van der Waals surface area contributed by atoms with Gasteiger partial charge in [0.25, 0.3) is 0 Å². The van der Waals surface area contributed by atoms with E-state index >= 15 is 0 Å². The van der Waals surface area contributed by atoms with Gasteiger partial charge in [-0.05, 0) is 27.7 Å². The molecule has 0 aromatic carbocycles. The van der Waals surface area contributed by atoms with E-state index in [9.17, 15) is 0 Å². The van der Waals surface area contributed by atoms with E-state index in [2.05, 4.69) is 30.8 Å². The molecule has 0 spiro atoms. The summed E-state index contributed by atoms with van der Waals surface area (Å²) in [6, 6.07) is 0.359. The van der Waals surface area contributed by atoms with Gasteiger partial charge in [0, 0.05) is 19.6 Å². The molecule has 0 aliphatic heterocycles. The Bertz CT molecular complexity index is 391. The van der Waals surface area contributed by atoms with Crippen molar-refractivity contribution in [3.05, 3.63) is 11.3 Å². The lowest BCUT2D eigenvalue weighted by molar-refractivity contribution is 0.649. The van der Waals surface area contributed by atoms with E-state index in [4.69, 9.17) is 11.1 Å². The molecule has 90 valence electrons. The second-order valence-electron chi connectivity index (χ2n) is 4.20. The molecule has 0 bridgehead atoms. The third-order valence-corrected chi connectivity index (χ3v) is 2.70. The molecule has 16 heavy (non-hydrogen) atoms. The van der Waals surface area contributed by atoms with Gasteiger partial charge in [0.05, 0.1) is 11.3 Å². The predicted octanol–water partition coefficient (Wildman–Crippen LogP) is 1.25. The summed E-state index contributed by atoms with van der Waals surface area (Å²) in [5.41, 5.74) is 7.18. The van der Waals surface area contributed by atoms with E-state index in [1.54, 1.807) is 4.68 Å². The molecule has 5 nitrogen and oxygen atoms in total. The number of amidine groups is 1. The van der Waals surface area contributed by atoms with E-state index in [0.29, 0.717) is 6.04 Å². The molecule has 0 unspecified atom stereocenters. The highest BCUT2D eigenvalue weighted by molar-refractivity contribution is 6.00. The third-order valence-electron chi connectivity index (χ3n) is 2.70. The molecule has 0 saturated carbocycles. The normalized spacial score (nSPS) is 10.9. The molecule has 0 fully saturated rings. The Balaban J connectivity index is 3.35. The number of anilines is 1. The van der Waals surface area contributed by atoms with Crippen LogP contribution in [0, 0.1) is 12.3 Å². The van der Waals surface area contributed by atoms with Gasteiger partial charge >= 0.3 is 0 Å². The lowest BCUT2D eigenvalue weighted by Crippen LogP contribution is -2.34. The van der Waals surface area contributed by atoms with Gasteiger partial charge in [0.1, 0.15) is 11.7 Å². The van der Waals surface area contributed by atoms with Crippen molar-refractivity contribution < 1.29 is 0 Å². The maximum atomic E-state index is 7.64. The molecule has 1 aromatic heterocycles. The minimum atomic E-state index is 0.0831. The van der Waals surface area contributed by atoms with Crippen LogP contribution in [0.4, 0.5) is 5.82 Å². The highest BCUT2D eigenvalue weighted by atomic mass is 15.4. The average Bonchev–Trinajstić information content (AvgIpc) is 2.42. The lowest BCUT2D eigenvalue weighted by atomic mass is 10.2. The first-order chi connectivity index (χ1) is 7.40. The molecule has 5 heteroatoms. The van der Waals surface area contributed by atoms with Gasteiger partial charge < -0.3 is 10.6 Å². The minimum absolute atomic E-state index is 0.0831. The molecule has 0 radical (unpaired) electrons. The summed E-state index contributed by atoms with van der Waals surface area (Å²) < 4.78 is 1.80. The van der Waals surface area contributed by atoms with Crippen LogP contribution in [0.5, 0.6) is 0 Å². The van der Waals surface area contributed by atoms with Crippen molar-refractivity contribution in [2.75, 3.05) is 11.4 Å². The van der Waals surface area contributed by atoms with Crippen molar-refractivity contribution in [2.24, 2.45) is 12.8 Å². The highest BCUT2D eigenvalue weighted by Gasteiger charge is 2.21. The molecule has 1 aromatic rings. The maximum Gasteiger partial charge on any atom is 0.138 e. The minimum Gasteiger partial charge on any atom is -0.384 e. The van der Waals surface area contributed by atoms with E-state index in [1.165, 1.54) is 0 Å². The van der Waals surface area contributed by atoms with Crippen LogP contribution in [0.15, 0.2) is 0 Å². The molecular weight excluding hydrogens is 202 g/mol. The van der Waals surface area contributed by atoms with Crippen LogP contribution in [-0.2, 0) is 7.05 Å². The zero-order valence-electron chi connectivity index (χ0n) is 10.7. The van der Waals surface area contributed by atoms with Crippen molar-refractivity contribution >= 4 is 11.7 Å². The Kier molecular flexibility index (Phi) is 3.57. The van der Waals surface area contributed by atoms with Crippen LogP contribution >= 0.6 is 0 Å². The summed E-state index contributed by atoms with van der Waals surface area (Å²) >= 11 is 0. The first-order valence-corrected chi connectivity index (χ1v) is 5.54. The first kappa shape index (κ1) is 12.5. The second-order valence-corrected chi connectivity index (χ2v) is 4.20. The van der Waals surface area contributed by atoms with Crippen molar-refractivity contribution in [2.45, 2.75) is 33.7 Å². The molecule has 0 amide bonds. The fourth-order valence-electron chi connectivity index (χ4n) is 2.05. The predicted molar refractivity (Wildman–Crippen MR) is 67.1 cm³/mol. The van der Waals surface area contributed by atoms with Crippen LogP contribution in [0.1, 0.15) is 32.0 Å². The van der Waals surface area contributed by atoms with E-state index in [0.717, 1.165) is 23.6 Å². The number of nitrogens with one attached hydrogen (secondary N) is 1. The number of nitrogens with zero attached hydrogens (tertiary/aromatic N) is 3. The Morgan fingerprint density at radius 2 is 2.12 bits per heavy atom. The fraction of sp³-hybridized carbons (Fsp3) is 0.636. The smallest absolute Gasteiger partial charge is 0.138 e. The van der Waals surface area contributed by atoms with Gasteiger partial charge in [-0.2, -0.15) is 5.10 Å². The Morgan fingerprint density at radius 1 is 1.56 bits per heavy atom. The summed E-state index contributed by atoms with van der Waals surface area (Å²) in [7, 11) is 1.89. The van der Waals surface area contributed by atoms with Crippen molar-refractivity contribution in [1.82, 2.24) is 9.78 Å². The number of nitrogen functional groups attached to an aromatic ring is 1. The Labute approximate surface area is 96.7 Å². The van der Waals surface area contributed by atoms with Crippen LogP contribution in [-0.4, -0.2) is 28.2 Å². The highest BCUT2D eigenvalue weighted by Crippen LogP contribution is 2.24. The molecule has 0 aliphatic carbocycles. The Morgan fingerprint density at radius 3 is 2.50 bits per heavy atom. The monoisotopic (exact) mass is 223 g/mol. The summed E-state index contributed by atoms with van der Waals surface area (Å²) in [5.74, 6) is 1.02. The summed E-state index contributed by atoms with van der Waals surface area (Å²) in [6.45, 7) is 9.09. The van der Waals surface area contributed by atoms with Gasteiger partial charge in [-0.3, -0.25) is 10.1 Å². The number of hydrogen-bond acceptors (Lipinski definition) is 3. The number of nitrogens with two attached hydrogens (primary N) is 1. The second kappa shape index (κ2) is 4.55. The fourth-order valence-corrected chi connectivity index (χ4v) is 2.05. The standard InChI is InChI=1S/C11H21N5/c1-6-16(7(2)3)11-9(10(12)13)8(4)14-15(11)5/h7H,6H2,1-5H3,(H3,12,13). The molecule has 0 aliphatic rings. The van der Waals surface area contributed by atoms with Crippen LogP contribution in [0.3, 0.4) is 0 Å². The zero-order chi connectivity index (χ0) is 12.5. The molecule has 1 rings (SSSR count).